The predicted molar refractivity (Wildman–Crippen MR) is 86.7 cm³/mol. The number of hydrogen-bond donors (Lipinski definition) is 2. The van der Waals surface area contributed by atoms with E-state index in [0.717, 1.165) is 11.1 Å². The van der Waals surface area contributed by atoms with Crippen molar-refractivity contribution in [3.8, 4) is 5.75 Å². The Morgan fingerprint density at radius 2 is 1.76 bits per heavy atom. The van der Waals surface area contributed by atoms with Gasteiger partial charge in [0.05, 0.1) is 6.26 Å². The largest absolute Gasteiger partial charge is 0.482 e. The van der Waals surface area contributed by atoms with Crippen molar-refractivity contribution in [2.75, 3.05) is 13.2 Å². The van der Waals surface area contributed by atoms with Crippen molar-refractivity contribution in [2.45, 2.75) is 13.8 Å². The second-order valence-electron chi connectivity index (χ2n) is 5.25. The van der Waals surface area contributed by atoms with Crippen LogP contribution in [0.5, 0.6) is 5.75 Å². The molecule has 25 heavy (non-hydrogen) atoms. The van der Waals surface area contributed by atoms with Crippen LogP contribution in [0.2, 0.25) is 0 Å². The monoisotopic (exact) mass is 346 g/mol. The van der Waals surface area contributed by atoms with Gasteiger partial charge in [-0.25, -0.2) is 4.79 Å². The van der Waals surface area contributed by atoms with Gasteiger partial charge in [-0.05, 0) is 49.2 Å². The zero-order valence-electron chi connectivity index (χ0n) is 13.8. The summed E-state index contributed by atoms with van der Waals surface area (Å²) < 4.78 is 14.9. The molecule has 0 saturated carbocycles. The minimum Gasteiger partial charge on any atom is -0.482 e. The first-order valence-electron chi connectivity index (χ1n) is 7.43. The van der Waals surface area contributed by atoms with Gasteiger partial charge in [-0.2, -0.15) is 0 Å². The number of esters is 1. The van der Waals surface area contributed by atoms with E-state index < -0.39 is 24.4 Å². The molecule has 8 nitrogen and oxygen atoms in total. The van der Waals surface area contributed by atoms with E-state index in [1.807, 2.05) is 19.9 Å². The first-order valence-corrected chi connectivity index (χ1v) is 7.43. The average molecular weight is 346 g/mol. The van der Waals surface area contributed by atoms with Crippen molar-refractivity contribution < 1.29 is 28.3 Å². The molecule has 1 heterocycles. The number of hydrogen-bond acceptors (Lipinski definition) is 6. The van der Waals surface area contributed by atoms with Gasteiger partial charge in [-0.3, -0.25) is 20.4 Å². The highest BCUT2D eigenvalue weighted by Gasteiger charge is 2.12. The van der Waals surface area contributed by atoms with Gasteiger partial charge in [-0.1, -0.05) is 6.07 Å². The lowest BCUT2D eigenvalue weighted by molar-refractivity contribution is -0.150. The maximum Gasteiger partial charge on any atom is 0.344 e. The van der Waals surface area contributed by atoms with Gasteiger partial charge in [0.25, 0.3) is 5.91 Å². The lowest BCUT2D eigenvalue weighted by Gasteiger charge is -2.09. The highest BCUT2D eigenvalue weighted by atomic mass is 16.6. The standard InChI is InChI=1S/C17H18N2O6/c1-11-6-12(2)8-13(7-11)24-10-16(21)25-9-15(20)18-19-17(22)14-4-3-5-23-14/h3-8H,9-10H2,1-2H3,(H,18,20)(H,19,22). The highest BCUT2D eigenvalue weighted by Crippen LogP contribution is 2.16. The molecular weight excluding hydrogens is 328 g/mol. The van der Waals surface area contributed by atoms with Crippen molar-refractivity contribution in [3.63, 3.8) is 0 Å². The zero-order valence-corrected chi connectivity index (χ0v) is 13.8. The Labute approximate surface area is 144 Å². The number of ether oxygens (including phenoxy) is 2. The quantitative estimate of drug-likeness (QED) is 0.603. The predicted octanol–water partition coefficient (Wildman–Crippen LogP) is 1.28. The van der Waals surface area contributed by atoms with Crippen LogP contribution in [0.4, 0.5) is 0 Å². The normalized spacial score (nSPS) is 10.0. The molecule has 0 atom stereocenters. The summed E-state index contributed by atoms with van der Waals surface area (Å²) in [5, 5.41) is 0. The SMILES string of the molecule is Cc1cc(C)cc(OCC(=O)OCC(=O)NNC(=O)c2ccco2)c1. The third-order valence-electron chi connectivity index (χ3n) is 2.98. The van der Waals surface area contributed by atoms with Crippen molar-refractivity contribution in [1.29, 1.82) is 0 Å². The minimum absolute atomic E-state index is 0.0409. The van der Waals surface area contributed by atoms with E-state index >= 15 is 0 Å². The molecule has 0 unspecified atom stereocenters. The maximum atomic E-state index is 11.6. The molecule has 1 aromatic carbocycles. The Kier molecular flexibility index (Phi) is 6.16. The molecule has 132 valence electrons. The first-order chi connectivity index (χ1) is 11.9. The number of carbonyl (C=O) groups is 3. The summed E-state index contributed by atoms with van der Waals surface area (Å²) in [5.41, 5.74) is 6.24. The number of hydrazine groups is 1. The van der Waals surface area contributed by atoms with Gasteiger partial charge in [0.2, 0.25) is 0 Å². The molecule has 0 fully saturated rings. The van der Waals surface area contributed by atoms with Crippen LogP contribution in [0.15, 0.2) is 41.0 Å². The molecule has 2 aromatic rings. The fourth-order valence-corrected chi connectivity index (χ4v) is 1.98. The molecule has 1 aromatic heterocycles. The van der Waals surface area contributed by atoms with Gasteiger partial charge in [-0.15, -0.1) is 0 Å². The Balaban J connectivity index is 1.67. The topological polar surface area (TPSA) is 107 Å². The van der Waals surface area contributed by atoms with E-state index in [4.69, 9.17) is 13.9 Å². The van der Waals surface area contributed by atoms with Crippen molar-refractivity contribution in [3.05, 3.63) is 53.5 Å². The summed E-state index contributed by atoms with van der Waals surface area (Å²) in [6.45, 7) is 2.96. The van der Waals surface area contributed by atoms with Gasteiger partial charge in [0.1, 0.15) is 5.75 Å². The number of nitrogens with one attached hydrogen (secondary N) is 2. The van der Waals surface area contributed by atoms with Crippen LogP contribution in [0, 0.1) is 13.8 Å². The lowest BCUT2D eigenvalue weighted by atomic mass is 10.1. The molecule has 0 spiro atoms. The molecule has 0 radical (unpaired) electrons. The Morgan fingerprint density at radius 3 is 2.40 bits per heavy atom. The van der Waals surface area contributed by atoms with Gasteiger partial charge in [0, 0.05) is 0 Å². The Bertz CT molecular complexity index is 734. The molecule has 2 rings (SSSR count). The molecule has 2 N–H and O–H groups in total. The van der Waals surface area contributed by atoms with Crippen LogP contribution < -0.4 is 15.6 Å². The smallest absolute Gasteiger partial charge is 0.344 e. The van der Waals surface area contributed by atoms with Crippen LogP contribution in [0.25, 0.3) is 0 Å². The fourth-order valence-electron chi connectivity index (χ4n) is 1.98. The third-order valence-corrected chi connectivity index (χ3v) is 2.98. The number of carbonyl (C=O) groups excluding carboxylic acids is 3. The summed E-state index contributed by atoms with van der Waals surface area (Å²) in [6.07, 6.45) is 1.33. The summed E-state index contributed by atoms with van der Waals surface area (Å²) in [6, 6.07) is 8.53. The van der Waals surface area contributed by atoms with E-state index in [9.17, 15) is 14.4 Å². The molecule has 0 bridgehead atoms. The number of amides is 2. The molecule has 0 saturated heterocycles. The van der Waals surface area contributed by atoms with Crippen molar-refractivity contribution in [2.24, 2.45) is 0 Å². The second-order valence-corrected chi connectivity index (χ2v) is 5.25. The minimum atomic E-state index is -0.702. The number of benzene rings is 1. The van der Waals surface area contributed by atoms with Gasteiger partial charge in [0.15, 0.2) is 19.0 Å². The molecule has 0 aliphatic heterocycles. The van der Waals surface area contributed by atoms with Crippen LogP contribution in [0.1, 0.15) is 21.7 Å². The number of aryl methyl sites for hydroxylation is 2. The average Bonchev–Trinajstić information content (AvgIpc) is 3.09. The fraction of sp³-hybridized carbons (Fsp3) is 0.235. The van der Waals surface area contributed by atoms with Gasteiger partial charge < -0.3 is 13.9 Å². The Hall–Kier alpha value is -3.29. The molecule has 8 heteroatoms. The van der Waals surface area contributed by atoms with Crippen LogP contribution >= 0.6 is 0 Å². The van der Waals surface area contributed by atoms with Crippen molar-refractivity contribution >= 4 is 17.8 Å². The van der Waals surface area contributed by atoms with E-state index in [-0.39, 0.29) is 12.4 Å². The first kappa shape index (κ1) is 18.1. The van der Waals surface area contributed by atoms with Crippen molar-refractivity contribution in [1.82, 2.24) is 10.9 Å². The zero-order chi connectivity index (χ0) is 18.2. The van der Waals surface area contributed by atoms with Gasteiger partial charge >= 0.3 is 11.9 Å². The lowest BCUT2D eigenvalue weighted by Crippen LogP contribution is -2.43. The van der Waals surface area contributed by atoms with Crippen LogP contribution in [-0.4, -0.2) is 31.0 Å². The summed E-state index contributed by atoms with van der Waals surface area (Å²) >= 11 is 0. The Morgan fingerprint density at radius 1 is 1.04 bits per heavy atom. The highest BCUT2D eigenvalue weighted by molar-refractivity contribution is 5.93. The maximum absolute atomic E-state index is 11.6. The molecule has 0 aliphatic carbocycles. The molecular formula is C17H18N2O6. The summed E-state index contributed by atoms with van der Waals surface area (Å²) in [5.74, 6) is -1.43. The van der Waals surface area contributed by atoms with Crippen LogP contribution in [-0.2, 0) is 14.3 Å². The molecule has 2 amide bonds. The van der Waals surface area contributed by atoms with E-state index in [0.29, 0.717) is 5.75 Å². The van der Waals surface area contributed by atoms with Crippen LogP contribution in [0.3, 0.4) is 0 Å². The third kappa shape index (κ3) is 6.02. The second kappa shape index (κ2) is 8.53. The summed E-state index contributed by atoms with van der Waals surface area (Å²) in [7, 11) is 0. The summed E-state index contributed by atoms with van der Waals surface area (Å²) in [4.78, 5) is 34.6. The van der Waals surface area contributed by atoms with E-state index in [1.165, 1.54) is 18.4 Å². The number of rotatable bonds is 6. The molecule has 0 aliphatic rings. The number of furan rings is 1. The van der Waals surface area contributed by atoms with E-state index in [1.54, 1.807) is 12.1 Å². The van der Waals surface area contributed by atoms with E-state index in [2.05, 4.69) is 10.9 Å².